The molecule has 0 saturated heterocycles. The number of primary amides is 1. The van der Waals surface area contributed by atoms with E-state index in [1.807, 2.05) is 0 Å². The second-order valence-corrected chi connectivity index (χ2v) is 2.78. The van der Waals surface area contributed by atoms with Crippen LogP contribution in [0.25, 0.3) is 11.0 Å². The Labute approximate surface area is 83.3 Å². The summed E-state index contributed by atoms with van der Waals surface area (Å²) < 4.78 is 0. The molecule has 7 heteroatoms. The fraction of sp³-hybridized carbons (Fsp3) is 0. The maximum atomic E-state index is 11.1. The first-order valence-corrected chi connectivity index (χ1v) is 4.08. The number of pyridine rings is 1. The van der Waals surface area contributed by atoms with Crippen LogP contribution in [0.5, 0.6) is 0 Å². The number of carbonyl (C=O) groups excluding carboxylic acids is 1. The van der Waals surface area contributed by atoms with Gasteiger partial charge in [0.25, 0.3) is 0 Å². The average molecular weight is 205 g/mol. The van der Waals surface area contributed by atoms with Crippen molar-refractivity contribution in [3.63, 3.8) is 0 Å². The second kappa shape index (κ2) is 3.37. The number of nitrogens with zero attached hydrogens (tertiary/aromatic N) is 2. The highest BCUT2D eigenvalue weighted by Crippen LogP contribution is 2.13. The zero-order valence-electron chi connectivity index (χ0n) is 7.52. The minimum Gasteiger partial charge on any atom is -0.351 e. The molecule has 2 amide bonds. The Balaban J connectivity index is 2.71. The van der Waals surface area contributed by atoms with Crippen molar-refractivity contribution in [2.75, 3.05) is 5.32 Å². The van der Waals surface area contributed by atoms with E-state index in [4.69, 9.17) is 5.73 Å². The lowest BCUT2D eigenvalue weighted by atomic mass is 10.3. The van der Waals surface area contributed by atoms with Gasteiger partial charge in [-0.3, -0.25) is 10.3 Å². The molecule has 0 atom stereocenters. The topological polar surface area (TPSA) is 114 Å². The Morgan fingerprint density at radius 1 is 1.53 bits per heavy atom. The van der Waals surface area contributed by atoms with Crippen LogP contribution in [-0.2, 0) is 0 Å². The summed E-state index contributed by atoms with van der Waals surface area (Å²) in [5, 5.41) is 2.23. The predicted octanol–water partition coefficient (Wildman–Crippen LogP) is -0.191. The molecule has 15 heavy (non-hydrogen) atoms. The maximum Gasteiger partial charge on any atom is 0.347 e. The summed E-state index contributed by atoms with van der Waals surface area (Å²) in [6.45, 7) is 0. The Kier molecular flexibility index (Phi) is 2.05. The highest BCUT2D eigenvalue weighted by atomic mass is 16.2. The summed E-state index contributed by atoms with van der Waals surface area (Å²) >= 11 is 0. The summed E-state index contributed by atoms with van der Waals surface area (Å²) in [5.74, 6) is 0.0573. The number of fused-ring (bicyclic) bond motifs is 1. The third-order valence-corrected chi connectivity index (χ3v) is 1.73. The Bertz CT molecular complexity index is 576. The molecule has 7 nitrogen and oxygen atoms in total. The van der Waals surface area contributed by atoms with Crippen LogP contribution in [0.1, 0.15) is 0 Å². The summed E-state index contributed by atoms with van der Waals surface area (Å²) in [4.78, 5) is 31.8. The second-order valence-electron chi connectivity index (χ2n) is 2.78. The van der Waals surface area contributed by atoms with Gasteiger partial charge in [-0.2, -0.15) is 4.98 Å². The van der Waals surface area contributed by atoms with Crippen LogP contribution >= 0.6 is 0 Å². The van der Waals surface area contributed by atoms with Gasteiger partial charge in [-0.05, 0) is 12.1 Å². The molecule has 4 N–H and O–H groups in total. The van der Waals surface area contributed by atoms with Gasteiger partial charge in [0, 0.05) is 6.20 Å². The normalized spacial score (nSPS) is 10.1. The summed E-state index contributed by atoms with van der Waals surface area (Å²) in [5.41, 5.74) is 5.24. The molecule has 0 aliphatic rings. The first-order chi connectivity index (χ1) is 7.16. The van der Waals surface area contributed by atoms with Crippen molar-refractivity contribution < 1.29 is 4.79 Å². The van der Waals surface area contributed by atoms with Gasteiger partial charge in [-0.25, -0.2) is 9.59 Å². The van der Waals surface area contributed by atoms with E-state index < -0.39 is 11.7 Å². The smallest absolute Gasteiger partial charge is 0.347 e. The van der Waals surface area contributed by atoms with Crippen LogP contribution in [-0.4, -0.2) is 21.0 Å². The lowest BCUT2D eigenvalue weighted by Gasteiger charge is -2.02. The van der Waals surface area contributed by atoms with Crippen molar-refractivity contribution in [3.05, 3.63) is 28.8 Å². The van der Waals surface area contributed by atoms with Crippen LogP contribution in [0.2, 0.25) is 0 Å². The number of amides is 2. The van der Waals surface area contributed by atoms with Crippen molar-refractivity contribution in [1.82, 2.24) is 15.0 Å². The Hall–Kier alpha value is -2.44. The fourth-order valence-electron chi connectivity index (χ4n) is 1.20. The van der Waals surface area contributed by atoms with E-state index in [1.54, 1.807) is 12.1 Å². The number of urea groups is 1. The average Bonchev–Trinajstić information content (AvgIpc) is 2.16. The SMILES string of the molecule is NC(=O)Nc1nc(=O)[nH]c2cccnc12. The zero-order chi connectivity index (χ0) is 10.8. The minimum absolute atomic E-state index is 0.0573. The first kappa shape index (κ1) is 9.13. The number of rotatable bonds is 1. The molecule has 2 aromatic heterocycles. The van der Waals surface area contributed by atoms with E-state index in [9.17, 15) is 9.59 Å². The fourth-order valence-corrected chi connectivity index (χ4v) is 1.20. The summed E-state index contributed by atoms with van der Waals surface area (Å²) in [6, 6.07) is 2.52. The molecule has 0 bridgehead atoms. The molecule has 2 rings (SSSR count). The summed E-state index contributed by atoms with van der Waals surface area (Å²) in [6.07, 6.45) is 1.52. The number of hydrogen-bond acceptors (Lipinski definition) is 4. The van der Waals surface area contributed by atoms with E-state index in [-0.39, 0.29) is 5.82 Å². The number of carbonyl (C=O) groups is 1. The predicted molar refractivity (Wildman–Crippen MR) is 53.4 cm³/mol. The molecule has 0 aliphatic carbocycles. The number of anilines is 1. The molecule has 2 aromatic rings. The molecule has 76 valence electrons. The lowest BCUT2D eigenvalue weighted by molar-refractivity contribution is 0.259. The largest absolute Gasteiger partial charge is 0.351 e. The van der Waals surface area contributed by atoms with Gasteiger partial charge in [-0.1, -0.05) is 0 Å². The number of H-pyrrole nitrogens is 1. The van der Waals surface area contributed by atoms with Crippen LogP contribution < -0.4 is 16.7 Å². The third kappa shape index (κ3) is 1.75. The molecular weight excluding hydrogens is 198 g/mol. The van der Waals surface area contributed by atoms with E-state index in [2.05, 4.69) is 20.3 Å². The van der Waals surface area contributed by atoms with E-state index in [0.29, 0.717) is 11.0 Å². The van der Waals surface area contributed by atoms with E-state index in [0.717, 1.165) is 0 Å². The van der Waals surface area contributed by atoms with E-state index >= 15 is 0 Å². The number of nitrogens with one attached hydrogen (secondary N) is 2. The quantitative estimate of drug-likeness (QED) is 0.598. The molecule has 0 fully saturated rings. The molecule has 0 radical (unpaired) electrons. The number of aromatic nitrogens is 3. The van der Waals surface area contributed by atoms with Crippen LogP contribution in [0, 0.1) is 0 Å². The van der Waals surface area contributed by atoms with Crippen molar-refractivity contribution >= 4 is 22.9 Å². The Morgan fingerprint density at radius 2 is 2.33 bits per heavy atom. The molecule has 0 unspecified atom stereocenters. The lowest BCUT2D eigenvalue weighted by Crippen LogP contribution is -2.23. The number of nitrogens with two attached hydrogens (primary N) is 1. The maximum absolute atomic E-state index is 11.1. The van der Waals surface area contributed by atoms with Gasteiger partial charge in [-0.15, -0.1) is 0 Å². The highest BCUT2D eigenvalue weighted by Gasteiger charge is 2.06. The molecular formula is C8H7N5O2. The molecule has 0 aliphatic heterocycles. The van der Waals surface area contributed by atoms with Crippen molar-refractivity contribution in [2.45, 2.75) is 0 Å². The molecule has 0 saturated carbocycles. The molecule has 2 heterocycles. The Morgan fingerprint density at radius 3 is 3.07 bits per heavy atom. The zero-order valence-corrected chi connectivity index (χ0v) is 7.52. The van der Waals surface area contributed by atoms with Gasteiger partial charge in [0.05, 0.1) is 5.52 Å². The monoisotopic (exact) mass is 205 g/mol. The van der Waals surface area contributed by atoms with Gasteiger partial charge >= 0.3 is 11.7 Å². The van der Waals surface area contributed by atoms with Gasteiger partial charge in [0.15, 0.2) is 5.82 Å². The number of hydrogen-bond donors (Lipinski definition) is 3. The van der Waals surface area contributed by atoms with E-state index in [1.165, 1.54) is 6.20 Å². The molecule has 0 aromatic carbocycles. The first-order valence-electron chi connectivity index (χ1n) is 4.08. The van der Waals surface area contributed by atoms with Crippen LogP contribution in [0.4, 0.5) is 10.6 Å². The van der Waals surface area contributed by atoms with Crippen molar-refractivity contribution in [1.29, 1.82) is 0 Å². The third-order valence-electron chi connectivity index (χ3n) is 1.73. The van der Waals surface area contributed by atoms with Crippen molar-refractivity contribution in [3.8, 4) is 0 Å². The van der Waals surface area contributed by atoms with Gasteiger partial charge in [0.1, 0.15) is 5.52 Å². The van der Waals surface area contributed by atoms with Crippen LogP contribution in [0.15, 0.2) is 23.1 Å². The van der Waals surface area contributed by atoms with Crippen LogP contribution in [0.3, 0.4) is 0 Å². The van der Waals surface area contributed by atoms with Crippen molar-refractivity contribution in [2.24, 2.45) is 5.73 Å². The standard InChI is InChI=1S/C8H7N5O2/c9-7(14)12-6-5-4(2-1-3-10-5)11-8(15)13-6/h1-3H,(H4,9,11,12,13,14,15). The minimum atomic E-state index is -0.792. The highest BCUT2D eigenvalue weighted by molar-refractivity contribution is 5.95. The molecule has 0 spiro atoms. The summed E-state index contributed by atoms with van der Waals surface area (Å²) in [7, 11) is 0. The number of aromatic amines is 1. The van der Waals surface area contributed by atoms with Gasteiger partial charge in [0.2, 0.25) is 0 Å². The van der Waals surface area contributed by atoms with Gasteiger partial charge < -0.3 is 10.7 Å².